The summed E-state index contributed by atoms with van der Waals surface area (Å²) in [5, 5.41) is 2.85. The van der Waals surface area contributed by atoms with E-state index in [1.807, 2.05) is 30.3 Å². The second kappa shape index (κ2) is 7.12. The summed E-state index contributed by atoms with van der Waals surface area (Å²) in [6.07, 6.45) is 3.00. The van der Waals surface area contributed by atoms with E-state index in [1.165, 1.54) is 0 Å². The second-order valence-corrected chi connectivity index (χ2v) is 5.08. The number of nitrogens with one attached hydrogen (secondary N) is 1. The summed E-state index contributed by atoms with van der Waals surface area (Å²) < 4.78 is 17.6. The summed E-state index contributed by atoms with van der Waals surface area (Å²) in [5.74, 6) is 0.179. The topological polar surface area (TPSA) is 38.3 Å². The Kier molecular flexibility index (Phi) is 5.19. The number of benzene rings is 1. The molecular weight excluding hydrogens is 245 g/mol. The van der Waals surface area contributed by atoms with Gasteiger partial charge in [-0.1, -0.05) is 30.3 Å². The molecule has 0 heterocycles. The van der Waals surface area contributed by atoms with Gasteiger partial charge in [-0.2, -0.15) is 0 Å². The van der Waals surface area contributed by atoms with E-state index >= 15 is 0 Å². The summed E-state index contributed by atoms with van der Waals surface area (Å²) in [5.41, 5.74) is 0.971. The standard InChI is InChI=1S/C15H20FNO2/c16-10-12-6-8-14(9-7-12)17-15(18)19-11-13-4-2-1-3-5-13/h1-5,12,14H,6-11H2,(H,17,18). The minimum atomic E-state index is -0.382. The number of ether oxygens (including phenoxy) is 1. The molecule has 1 fully saturated rings. The molecule has 1 aliphatic carbocycles. The van der Waals surface area contributed by atoms with Crippen LogP contribution in [0, 0.1) is 5.92 Å². The van der Waals surface area contributed by atoms with Gasteiger partial charge in [-0.25, -0.2) is 4.79 Å². The Hall–Kier alpha value is -1.58. The van der Waals surface area contributed by atoms with Gasteiger partial charge in [-0.15, -0.1) is 0 Å². The highest BCUT2D eigenvalue weighted by atomic mass is 19.1. The Labute approximate surface area is 113 Å². The number of halogens is 1. The molecule has 1 saturated carbocycles. The molecule has 0 bridgehead atoms. The Bertz CT molecular complexity index is 388. The van der Waals surface area contributed by atoms with Crippen molar-refractivity contribution >= 4 is 6.09 Å². The van der Waals surface area contributed by atoms with Crippen molar-refractivity contribution in [3.63, 3.8) is 0 Å². The average molecular weight is 265 g/mol. The quantitative estimate of drug-likeness (QED) is 0.905. The van der Waals surface area contributed by atoms with E-state index in [1.54, 1.807) is 0 Å². The van der Waals surface area contributed by atoms with Crippen molar-refractivity contribution in [1.82, 2.24) is 5.32 Å². The van der Waals surface area contributed by atoms with Crippen LogP contribution in [-0.4, -0.2) is 18.8 Å². The molecule has 0 atom stereocenters. The van der Waals surface area contributed by atoms with Gasteiger partial charge in [-0.3, -0.25) is 4.39 Å². The maximum absolute atomic E-state index is 12.5. The van der Waals surface area contributed by atoms with E-state index in [4.69, 9.17) is 4.74 Å². The molecule has 0 spiro atoms. The van der Waals surface area contributed by atoms with Crippen LogP contribution in [0.5, 0.6) is 0 Å². The van der Waals surface area contributed by atoms with E-state index in [0.29, 0.717) is 0 Å². The molecule has 0 unspecified atom stereocenters. The molecule has 1 amide bonds. The summed E-state index contributed by atoms with van der Waals surface area (Å²) in [6.45, 7) is 0.0394. The zero-order valence-electron chi connectivity index (χ0n) is 11.0. The van der Waals surface area contributed by atoms with Gasteiger partial charge in [-0.05, 0) is 37.2 Å². The molecule has 0 radical (unpaired) electrons. The van der Waals surface area contributed by atoms with Crippen molar-refractivity contribution in [1.29, 1.82) is 0 Å². The lowest BCUT2D eigenvalue weighted by Gasteiger charge is -2.27. The molecule has 104 valence electrons. The monoisotopic (exact) mass is 265 g/mol. The van der Waals surface area contributed by atoms with Gasteiger partial charge < -0.3 is 10.1 Å². The molecule has 0 aromatic heterocycles. The minimum absolute atomic E-state index is 0.131. The predicted octanol–water partition coefficient (Wildman–Crippen LogP) is 3.44. The van der Waals surface area contributed by atoms with E-state index in [2.05, 4.69) is 5.32 Å². The summed E-state index contributed by atoms with van der Waals surface area (Å²) in [7, 11) is 0. The largest absolute Gasteiger partial charge is 0.445 e. The van der Waals surface area contributed by atoms with Crippen molar-refractivity contribution in [3.05, 3.63) is 35.9 Å². The van der Waals surface area contributed by atoms with Crippen LogP contribution in [-0.2, 0) is 11.3 Å². The number of rotatable bonds is 4. The van der Waals surface area contributed by atoms with Gasteiger partial charge in [0, 0.05) is 6.04 Å². The number of alkyl carbamates (subject to hydrolysis) is 1. The highest BCUT2D eigenvalue weighted by Crippen LogP contribution is 2.24. The molecule has 0 saturated heterocycles. The number of carbonyl (C=O) groups excluding carboxylic acids is 1. The third kappa shape index (κ3) is 4.54. The fraction of sp³-hybridized carbons (Fsp3) is 0.533. The number of hydrogen-bond donors (Lipinski definition) is 1. The lowest BCUT2D eigenvalue weighted by molar-refractivity contribution is 0.130. The number of alkyl halides is 1. The Morgan fingerprint density at radius 2 is 1.89 bits per heavy atom. The van der Waals surface area contributed by atoms with E-state index in [-0.39, 0.29) is 31.3 Å². The van der Waals surface area contributed by atoms with Gasteiger partial charge in [0.25, 0.3) is 0 Å². The van der Waals surface area contributed by atoms with Crippen LogP contribution in [0.4, 0.5) is 9.18 Å². The van der Waals surface area contributed by atoms with E-state index < -0.39 is 0 Å². The van der Waals surface area contributed by atoms with Gasteiger partial charge in [0.1, 0.15) is 6.61 Å². The first-order chi connectivity index (χ1) is 9.28. The maximum atomic E-state index is 12.5. The van der Waals surface area contributed by atoms with Crippen molar-refractivity contribution in [2.24, 2.45) is 5.92 Å². The van der Waals surface area contributed by atoms with Crippen molar-refractivity contribution < 1.29 is 13.9 Å². The van der Waals surface area contributed by atoms with Crippen LogP contribution in [0.2, 0.25) is 0 Å². The van der Waals surface area contributed by atoms with Gasteiger partial charge in [0.2, 0.25) is 0 Å². The smallest absolute Gasteiger partial charge is 0.407 e. The second-order valence-electron chi connectivity index (χ2n) is 5.08. The lowest BCUT2D eigenvalue weighted by atomic mass is 9.87. The van der Waals surface area contributed by atoms with Crippen molar-refractivity contribution in [3.8, 4) is 0 Å². The first kappa shape index (κ1) is 13.8. The van der Waals surface area contributed by atoms with Gasteiger partial charge >= 0.3 is 6.09 Å². The van der Waals surface area contributed by atoms with Gasteiger partial charge in [0.05, 0.1) is 6.67 Å². The normalized spacial score (nSPS) is 22.8. The molecule has 3 nitrogen and oxygen atoms in total. The third-order valence-corrected chi connectivity index (χ3v) is 3.60. The minimum Gasteiger partial charge on any atom is -0.445 e. The number of carbonyl (C=O) groups is 1. The van der Waals surface area contributed by atoms with Crippen molar-refractivity contribution in [2.45, 2.75) is 38.3 Å². The zero-order valence-corrected chi connectivity index (χ0v) is 11.0. The summed E-state index contributed by atoms with van der Waals surface area (Å²) >= 11 is 0. The Morgan fingerprint density at radius 1 is 1.21 bits per heavy atom. The molecule has 1 aromatic rings. The molecular formula is C15H20FNO2. The molecule has 1 aromatic carbocycles. The molecule has 19 heavy (non-hydrogen) atoms. The highest BCUT2D eigenvalue weighted by molar-refractivity contribution is 5.67. The molecule has 1 aliphatic rings. The van der Waals surface area contributed by atoms with Crippen LogP contribution in [0.15, 0.2) is 30.3 Å². The van der Waals surface area contributed by atoms with Crippen molar-refractivity contribution in [2.75, 3.05) is 6.67 Å². The molecule has 2 rings (SSSR count). The summed E-state index contributed by atoms with van der Waals surface area (Å²) in [6, 6.07) is 9.71. The fourth-order valence-corrected chi connectivity index (χ4v) is 2.39. The third-order valence-electron chi connectivity index (χ3n) is 3.60. The first-order valence-electron chi connectivity index (χ1n) is 6.81. The summed E-state index contributed by atoms with van der Waals surface area (Å²) in [4.78, 5) is 11.6. The van der Waals surface area contributed by atoms with Crippen LogP contribution in [0.3, 0.4) is 0 Å². The molecule has 4 heteroatoms. The predicted molar refractivity (Wildman–Crippen MR) is 71.5 cm³/mol. The van der Waals surface area contributed by atoms with Crippen LogP contribution in [0.25, 0.3) is 0 Å². The average Bonchev–Trinajstić information content (AvgIpc) is 2.47. The number of amides is 1. The highest BCUT2D eigenvalue weighted by Gasteiger charge is 2.22. The zero-order chi connectivity index (χ0) is 13.5. The van der Waals surface area contributed by atoms with Crippen LogP contribution < -0.4 is 5.32 Å². The first-order valence-corrected chi connectivity index (χ1v) is 6.81. The fourth-order valence-electron chi connectivity index (χ4n) is 2.39. The van der Waals surface area contributed by atoms with Gasteiger partial charge in [0.15, 0.2) is 0 Å². The van der Waals surface area contributed by atoms with Crippen LogP contribution >= 0.6 is 0 Å². The maximum Gasteiger partial charge on any atom is 0.407 e. The number of hydrogen-bond acceptors (Lipinski definition) is 2. The lowest BCUT2D eigenvalue weighted by Crippen LogP contribution is -2.38. The van der Waals surface area contributed by atoms with E-state index in [9.17, 15) is 9.18 Å². The van der Waals surface area contributed by atoms with Crippen LogP contribution in [0.1, 0.15) is 31.2 Å². The molecule has 0 aliphatic heterocycles. The van der Waals surface area contributed by atoms with E-state index in [0.717, 1.165) is 31.2 Å². The molecule has 1 N–H and O–H groups in total. The SMILES string of the molecule is O=C(NC1CCC(CF)CC1)OCc1ccccc1. The Morgan fingerprint density at radius 3 is 2.53 bits per heavy atom. The Balaban J connectivity index is 1.67.